The van der Waals surface area contributed by atoms with Gasteiger partial charge in [0.15, 0.2) is 0 Å². The first kappa shape index (κ1) is 18.6. The van der Waals surface area contributed by atoms with Gasteiger partial charge in [-0.3, -0.25) is 9.18 Å². The number of carbonyl (C=O) groups excluding carboxylic acids is 1. The topological polar surface area (TPSA) is 55.1 Å². The van der Waals surface area contributed by atoms with Crippen molar-refractivity contribution < 1.29 is 9.18 Å². The Kier molecular flexibility index (Phi) is 4.35. The highest BCUT2D eigenvalue weighted by Crippen LogP contribution is 2.77. The van der Waals surface area contributed by atoms with Gasteiger partial charge in [-0.1, -0.05) is 30.3 Å². The number of nitrogens with one attached hydrogen (secondary N) is 1. The van der Waals surface area contributed by atoms with E-state index in [4.69, 9.17) is 5.73 Å². The Bertz CT molecular complexity index is 746. The number of amides is 1. The number of carbonyl (C=O) groups is 1. The molecule has 5 saturated carbocycles. The van der Waals surface area contributed by atoms with Crippen LogP contribution in [0.4, 0.5) is 4.39 Å². The van der Waals surface area contributed by atoms with Crippen LogP contribution >= 0.6 is 0 Å². The molecule has 6 rings (SSSR count). The van der Waals surface area contributed by atoms with E-state index in [1.54, 1.807) is 0 Å². The van der Waals surface area contributed by atoms with Crippen molar-refractivity contribution in [1.82, 2.24) is 5.32 Å². The van der Waals surface area contributed by atoms with Gasteiger partial charge in [0.1, 0.15) is 0 Å². The fourth-order valence-corrected chi connectivity index (χ4v) is 7.88. The number of hydrogen-bond acceptors (Lipinski definition) is 2. The van der Waals surface area contributed by atoms with Gasteiger partial charge >= 0.3 is 0 Å². The summed E-state index contributed by atoms with van der Waals surface area (Å²) >= 11 is 0. The average Bonchev–Trinajstić information content (AvgIpc) is 3.03. The van der Waals surface area contributed by atoms with Crippen molar-refractivity contribution in [3.63, 3.8) is 0 Å². The molecule has 152 valence electrons. The van der Waals surface area contributed by atoms with Crippen molar-refractivity contribution in [3.05, 3.63) is 35.9 Å². The summed E-state index contributed by atoms with van der Waals surface area (Å²) in [5.74, 6) is 0.779. The van der Waals surface area contributed by atoms with E-state index in [1.165, 1.54) is 12.0 Å². The second-order valence-electron chi connectivity index (χ2n) is 10.4. The smallest absolute Gasteiger partial charge is 0.227 e. The Labute approximate surface area is 167 Å². The van der Waals surface area contributed by atoms with Crippen LogP contribution in [0.3, 0.4) is 0 Å². The third-order valence-electron chi connectivity index (χ3n) is 8.83. The zero-order valence-electron chi connectivity index (χ0n) is 16.8. The van der Waals surface area contributed by atoms with Crippen molar-refractivity contribution in [2.24, 2.45) is 22.5 Å². The molecular formula is C24H33FN2O. The quantitative estimate of drug-likeness (QED) is 0.797. The Morgan fingerprint density at radius 2 is 1.82 bits per heavy atom. The van der Waals surface area contributed by atoms with Crippen LogP contribution < -0.4 is 11.1 Å². The second kappa shape index (κ2) is 6.55. The molecule has 5 aliphatic carbocycles. The molecule has 0 aliphatic heterocycles. The number of hydrogen-bond donors (Lipinski definition) is 2. The maximum absolute atomic E-state index is 13.8. The van der Waals surface area contributed by atoms with Crippen molar-refractivity contribution in [2.75, 3.05) is 6.67 Å². The highest BCUT2D eigenvalue weighted by molar-refractivity contribution is 5.86. The molecule has 0 radical (unpaired) electrons. The minimum atomic E-state index is -0.378. The molecule has 5 fully saturated rings. The molecule has 0 aromatic heterocycles. The predicted molar refractivity (Wildman–Crippen MR) is 109 cm³/mol. The van der Waals surface area contributed by atoms with E-state index in [-0.39, 0.29) is 40.9 Å². The molecule has 1 aromatic carbocycles. The minimum absolute atomic E-state index is 0.0594. The van der Waals surface area contributed by atoms with Gasteiger partial charge in [0.25, 0.3) is 0 Å². The molecule has 5 aliphatic rings. The van der Waals surface area contributed by atoms with Gasteiger partial charge < -0.3 is 11.1 Å². The Hall–Kier alpha value is -1.42. The molecule has 3 N–H and O–H groups in total. The molecule has 4 heteroatoms. The summed E-state index contributed by atoms with van der Waals surface area (Å²) in [5, 5.41) is 3.42. The molecule has 28 heavy (non-hydrogen) atoms. The van der Waals surface area contributed by atoms with E-state index in [2.05, 4.69) is 35.6 Å². The maximum atomic E-state index is 13.8. The van der Waals surface area contributed by atoms with Gasteiger partial charge in [0.2, 0.25) is 5.91 Å². The van der Waals surface area contributed by atoms with E-state index in [0.717, 1.165) is 51.4 Å². The number of rotatable bonds is 5. The summed E-state index contributed by atoms with van der Waals surface area (Å²) in [6.45, 7) is -0.315. The monoisotopic (exact) mass is 384 g/mol. The molecule has 4 bridgehead atoms. The molecule has 1 aromatic rings. The SMILES string of the molecule is NC1CCC(NC(=O)C23CC4C[C@](c5ccccc5)(C2)C[C@@]3(CCF)C4)CC1. The van der Waals surface area contributed by atoms with Gasteiger partial charge in [0.05, 0.1) is 12.1 Å². The van der Waals surface area contributed by atoms with E-state index in [0.29, 0.717) is 12.3 Å². The van der Waals surface area contributed by atoms with Gasteiger partial charge in [-0.25, -0.2) is 0 Å². The summed E-state index contributed by atoms with van der Waals surface area (Å²) in [5.41, 5.74) is 6.93. The Balaban J connectivity index is 1.46. The van der Waals surface area contributed by atoms with Crippen molar-refractivity contribution in [1.29, 1.82) is 0 Å². The lowest BCUT2D eigenvalue weighted by molar-refractivity contribution is -0.137. The zero-order valence-corrected chi connectivity index (χ0v) is 16.8. The number of nitrogens with two attached hydrogens (primary N) is 1. The van der Waals surface area contributed by atoms with Gasteiger partial charge in [-0.15, -0.1) is 0 Å². The predicted octanol–water partition coefficient (Wildman–Crippen LogP) is 4.25. The first-order valence-electron chi connectivity index (χ1n) is 11.2. The molecule has 0 saturated heterocycles. The second-order valence-corrected chi connectivity index (χ2v) is 10.4. The molecule has 2 unspecified atom stereocenters. The van der Waals surface area contributed by atoms with Crippen LogP contribution in [-0.2, 0) is 10.2 Å². The van der Waals surface area contributed by atoms with E-state index < -0.39 is 0 Å². The highest BCUT2D eigenvalue weighted by atomic mass is 19.1. The molecule has 3 nitrogen and oxygen atoms in total. The Morgan fingerprint density at radius 3 is 2.54 bits per heavy atom. The summed E-state index contributed by atoms with van der Waals surface area (Å²) in [6, 6.07) is 11.3. The number of alkyl halides is 1. The molecule has 0 heterocycles. The third-order valence-corrected chi connectivity index (χ3v) is 8.83. The van der Waals surface area contributed by atoms with Crippen LogP contribution in [0.2, 0.25) is 0 Å². The highest BCUT2D eigenvalue weighted by Gasteiger charge is 2.74. The summed E-state index contributed by atoms with van der Waals surface area (Å²) in [4.78, 5) is 13.8. The summed E-state index contributed by atoms with van der Waals surface area (Å²) in [6.07, 6.45) is 9.52. The molecule has 0 spiro atoms. The fourth-order valence-electron chi connectivity index (χ4n) is 7.88. The van der Waals surface area contributed by atoms with Crippen LogP contribution in [-0.4, -0.2) is 24.7 Å². The van der Waals surface area contributed by atoms with Crippen LogP contribution in [0.15, 0.2) is 30.3 Å². The lowest BCUT2D eigenvalue weighted by Crippen LogP contribution is -2.51. The molecular weight excluding hydrogens is 351 g/mol. The molecule has 4 atom stereocenters. The van der Waals surface area contributed by atoms with Gasteiger partial charge in [0, 0.05) is 12.1 Å². The van der Waals surface area contributed by atoms with Crippen molar-refractivity contribution >= 4 is 5.91 Å². The zero-order chi connectivity index (χ0) is 19.4. The van der Waals surface area contributed by atoms with Gasteiger partial charge in [-0.05, 0) is 86.5 Å². The van der Waals surface area contributed by atoms with E-state index in [1.807, 2.05) is 0 Å². The van der Waals surface area contributed by atoms with Crippen molar-refractivity contribution in [3.8, 4) is 0 Å². The Morgan fingerprint density at radius 1 is 1.07 bits per heavy atom. The first-order valence-corrected chi connectivity index (χ1v) is 11.2. The number of halogens is 1. The normalized spacial score (nSPS) is 44.0. The van der Waals surface area contributed by atoms with Crippen LogP contribution in [0.25, 0.3) is 0 Å². The van der Waals surface area contributed by atoms with Crippen LogP contribution in [0.1, 0.15) is 69.8 Å². The largest absolute Gasteiger partial charge is 0.353 e. The maximum Gasteiger partial charge on any atom is 0.227 e. The third kappa shape index (κ3) is 2.59. The standard InChI is InChI=1S/C24H33FN2O/c25-11-10-23-13-17-12-22(15-23,18-4-2-1-3-5-18)16-24(23,14-17)21(28)27-20-8-6-19(26)7-9-20/h1-5,17,19-20H,6-16,26H2,(H,27,28)/t17?,19?,20?,22-,23-,24?/m1/s1. The van der Waals surface area contributed by atoms with Crippen LogP contribution in [0.5, 0.6) is 0 Å². The fraction of sp³-hybridized carbons (Fsp3) is 0.708. The number of benzene rings is 1. The van der Waals surface area contributed by atoms with Crippen molar-refractivity contribution in [2.45, 2.75) is 81.7 Å². The van der Waals surface area contributed by atoms with E-state index >= 15 is 0 Å². The first-order chi connectivity index (χ1) is 13.5. The summed E-state index contributed by atoms with van der Waals surface area (Å²) in [7, 11) is 0. The molecule has 1 amide bonds. The lowest BCUT2D eigenvalue weighted by atomic mass is 9.63. The minimum Gasteiger partial charge on any atom is -0.353 e. The van der Waals surface area contributed by atoms with E-state index in [9.17, 15) is 9.18 Å². The average molecular weight is 385 g/mol. The van der Waals surface area contributed by atoms with Gasteiger partial charge in [-0.2, -0.15) is 0 Å². The summed E-state index contributed by atoms with van der Waals surface area (Å²) < 4.78 is 13.7. The van der Waals surface area contributed by atoms with Crippen LogP contribution in [0, 0.1) is 16.7 Å². The lowest BCUT2D eigenvalue weighted by Gasteiger charge is -2.41.